The topological polar surface area (TPSA) is 98.1 Å². The summed E-state index contributed by atoms with van der Waals surface area (Å²) in [5.41, 5.74) is 1.78. The SMILES string of the molecule is O=c1nc(-c2ccccc2)c(Oc2ccc([N+](=O)[O-])cc2)c(-c2ccccc2)[nH]1. The van der Waals surface area contributed by atoms with E-state index in [1.54, 1.807) is 0 Å². The summed E-state index contributed by atoms with van der Waals surface area (Å²) in [7, 11) is 0. The Bertz CT molecular complexity index is 1140. The minimum absolute atomic E-state index is 0.0384. The van der Waals surface area contributed by atoms with Crippen molar-refractivity contribution in [3.63, 3.8) is 0 Å². The van der Waals surface area contributed by atoms with Gasteiger partial charge >= 0.3 is 5.69 Å². The predicted molar refractivity (Wildman–Crippen MR) is 109 cm³/mol. The van der Waals surface area contributed by atoms with Crippen LogP contribution in [-0.2, 0) is 0 Å². The molecule has 0 atom stereocenters. The molecular weight excluding hydrogens is 370 g/mol. The van der Waals surface area contributed by atoms with E-state index in [-0.39, 0.29) is 5.69 Å². The first-order valence-electron chi connectivity index (χ1n) is 8.79. The molecule has 7 heteroatoms. The van der Waals surface area contributed by atoms with E-state index in [9.17, 15) is 14.9 Å². The smallest absolute Gasteiger partial charge is 0.346 e. The molecule has 0 aliphatic heterocycles. The first kappa shape index (κ1) is 18.1. The first-order chi connectivity index (χ1) is 14.1. The van der Waals surface area contributed by atoms with Crippen molar-refractivity contribution >= 4 is 5.69 Å². The Labute approximate surface area is 165 Å². The van der Waals surface area contributed by atoms with Crippen molar-refractivity contribution in [3.05, 3.63) is 106 Å². The highest BCUT2D eigenvalue weighted by Gasteiger charge is 2.18. The van der Waals surface area contributed by atoms with Crippen LogP contribution < -0.4 is 10.4 Å². The molecule has 0 bridgehead atoms. The lowest BCUT2D eigenvalue weighted by Gasteiger charge is -2.15. The Hall–Kier alpha value is -4.26. The lowest BCUT2D eigenvalue weighted by atomic mass is 10.1. The van der Waals surface area contributed by atoms with Crippen LogP contribution in [0.25, 0.3) is 22.5 Å². The number of H-pyrrole nitrogens is 1. The number of ether oxygens (including phenoxy) is 1. The quantitative estimate of drug-likeness (QED) is 0.393. The fourth-order valence-corrected chi connectivity index (χ4v) is 2.92. The number of aromatic amines is 1. The van der Waals surface area contributed by atoms with Gasteiger partial charge in [-0.1, -0.05) is 60.7 Å². The number of hydrogen-bond donors (Lipinski definition) is 1. The van der Waals surface area contributed by atoms with Crippen LogP contribution >= 0.6 is 0 Å². The Balaban J connectivity index is 1.89. The van der Waals surface area contributed by atoms with Crippen LogP contribution in [0.3, 0.4) is 0 Å². The van der Waals surface area contributed by atoms with E-state index in [0.29, 0.717) is 28.5 Å². The minimum Gasteiger partial charge on any atom is -0.453 e. The Morgan fingerprint density at radius 1 is 0.828 bits per heavy atom. The van der Waals surface area contributed by atoms with E-state index >= 15 is 0 Å². The van der Waals surface area contributed by atoms with Gasteiger partial charge < -0.3 is 9.72 Å². The van der Waals surface area contributed by atoms with Gasteiger partial charge in [-0.15, -0.1) is 0 Å². The zero-order valence-electron chi connectivity index (χ0n) is 15.1. The fourth-order valence-electron chi connectivity index (χ4n) is 2.92. The van der Waals surface area contributed by atoms with Crippen molar-refractivity contribution in [2.45, 2.75) is 0 Å². The molecule has 0 radical (unpaired) electrons. The monoisotopic (exact) mass is 385 g/mol. The van der Waals surface area contributed by atoms with Gasteiger partial charge in [0.25, 0.3) is 5.69 Å². The van der Waals surface area contributed by atoms with E-state index in [4.69, 9.17) is 4.74 Å². The van der Waals surface area contributed by atoms with Gasteiger partial charge in [0.1, 0.15) is 11.4 Å². The summed E-state index contributed by atoms with van der Waals surface area (Å²) in [4.78, 5) is 29.6. The average molecular weight is 385 g/mol. The molecule has 0 aliphatic carbocycles. The van der Waals surface area contributed by atoms with Crippen LogP contribution in [0.1, 0.15) is 0 Å². The number of aromatic nitrogens is 2. The molecule has 1 N–H and O–H groups in total. The molecule has 0 aliphatic rings. The summed E-state index contributed by atoms with van der Waals surface area (Å²) in [6.45, 7) is 0. The zero-order chi connectivity index (χ0) is 20.2. The maximum atomic E-state index is 12.3. The van der Waals surface area contributed by atoms with Crippen molar-refractivity contribution in [2.75, 3.05) is 0 Å². The standard InChI is InChI=1S/C22H15N3O4/c26-22-23-19(15-7-3-1-4-8-15)21(20(24-22)16-9-5-2-6-10-16)29-18-13-11-17(12-14-18)25(27)28/h1-14H,(H,23,24,26). The van der Waals surface area contributed by atoms with Crippen molar-refractivity contribution < 1.29 is 9.66 Å². The van der Waals surface area contributed by atoms with Gasteiger partial charge in [0.05, 0.1) is 10.6 Å². The van der Waals surface area contributed by atoms with E-state index in [1.807, 2.05) is 60.7 Å². The van der Waals surface area contributed by atoms with Crippen molar-refractivity contribution in [1.29, 1.82) is 0 Å². The molecule has 0 amide bonds. The average Bonchev–Trinajstić information content (AvgIpc) is 2.76. The molecule has 29 heavy (non-hydrogen) atoms. The minimum atomic E-state index is -0.501. The molecular formula is C22H15N3O4. The summed E-state index contributed by atoms with van der Waals surface area (Å²) in [5, 5.41) is 10.9. The number of nitro groups is 1. The Kier molecular flexibility index (Phi) is 4.86. The lowest BCUT2D eigenvalue weighted by molar-refractivity contribution is -0.384. The van der Waals surface area contributed by atoms with Crippen LogP contribution in [0.2, 0.25) is 0 Å². The van der Waals surface area contributed by atoms with Gasteiger partial charge in [-0.05, 0) is 12.1 Å². The van der Waals surface area contributed by atoms with Gasteiger partial charge in [0.2, 0.25) is 0 Å². The number of nitrogens with zero attached hydrogens (tertiary/aromatic N) is 2. The maximum absolute atomic E-state index is 12.3. The van der Waals surface area contributed by atoms with Gasteiger partial charge in [-0.3, -0.25) is 10.1 Å². The summed E-state index contributed by atoms with van der Waals surface area (Å²) in [6, 6.07) is 24.2. The Morgan fingerprint density at radius 3 is 2.00 bits per heavy atom. The van der Waals surface area contributed by atoms with Gasteiger partial charge in [-0.25, -0.2) is 4.79 Å². The highest BCUT2D eigenvalue weighted by atomic mass is 16.6. The van der Waals surface area contributed by atoms with Gasteiger partial charge in [-0.2, -0.15) is 4.98 Å². The largest absolute Gasteiger partial charge is 0.453 e. The van der Waals surface area contributed by atoms with Crippen LogP contribution in [0.4, 0.5) is 5.69 Å². The second-order valence-corrected chi connectivity index (χ2v) is 6.18. The number of nitrogens with one attached hydrogen (secondary N) is 1. The number of non-ortho nitro benzene ring substituents is 1. The molecule has 7 nitrogen and oxygen atoms in total. The molecule has 0 fully saturated rings. The molecule has 0 spiro atoms. The summed E-state index contributed by atoms with van der Waals surface area (Å²) < 4.78 is 6.08. The highest BCUT2D eigenvalue weighted by molar-refractivity contribution is 5.77. The summed E-state index contributed by atoms with van der Waals surface area (Å²) >= 11 is 0. The molecule has 1 aromatic heterocycles. The first-order valence-corrected chi connectivity index (χ1v) is 8.79. The van der Waals surface area contributed by atoms with E-state index in [2.05, 4.69) is 9.97 Å². The number of hydrogen-bond acceptors (Lipinski definition) is 5. The van der Waals surface area contributed by atoms with Crippen LogP contribution in [0.15, 0.2) is 89.7 Å². The second-order valence-electron chi connectivity index (χ2n) is 6.18. The number of rotatable bonds is 5. The molecule has 4 aromatic rings. The van der Waals surface area contributed by atoms with Gasteiger partial charge in [0, 0.05) is 23.3 Å². The third kappa shape index (κ3) is 3.89. The molecule has 0 unspecified atom stereocenters. The van der Waals surface area contributed by atoms with Crippen LogP contribution in [-0.4, -0.2) is 14.9 Å². The number of benzene rings is 3. The Morgan fingerprint density at radius 2 is 1.41 bits per heavy atom. The molecule has 0 saturated carbocycles. The second kappa shape index (κ2) is 7.77. The summed E-state index contributed by atoms with van der Waals surface area (Å²) in [6.07, 6.45) is 0. The number of nitro benzene ring substituents is 1. The fraction of sp³-hybridized carbons (Fsp3) is 0. The van der Waals surface area contributed by atoms with Crippen molar-refractivity contribution in [1.82, 2.24) is 9.97 Å². The third-order valence-corrected chi connectivity index (χ3v) is 4.26. The molecule has 3 aromatic carbocycles. The maximum Gasteiger partial charge on any atom is 0.346 e. The molecule has 142 valence electrons. The normalized spacial score (nSPS) is 10.5. The molecule has 1 heterocycles. The zero-order valence-corrected chi connectivity index (χ0v) is 15.1. The van der Waals surface area contributed by atoms with Crippen molar-refractivity contribution in [2.24, 2.45) is 0 Å². The van der Waals surface area contributed by atoms with Crippen LogP contribution in [0.5, 0.6) is 11.5 Å². The third-order valence-electron chi connectivity index (χ3n) is 4.26. The van der Waals surface area contributed by atoms with Crippen molar-refractivity contribution in [3.8, 4) is 34.0 Å². The predicted octanol–water partition coefficient (Wildman–Crippen LogP) is 4.80. The van der Waals surface area contributed by atoms with E-state index in [0.717, 1.165) is 5.56 Å². The lowest BCUT2D eigenvalue weighted by Crippen LogP contribution is -2.14. The van der Waals surface area contributed by atoms with E-state index in [1.165, 1.54) is 24.3 Å². The molecule has 0 saturated heterocycles. The summed E-state index contributed by atoms with van der Waals surface area (Å²) in [5.74, 6) is 0.745. The van der Waals surface area contributed by atoms with Crippen LogP contribution in [0, 0.1) is 10.1 Å². The molecule has 4 rings (SSSR count). The highest BCUT2D eigenvalue weighted by Crippen LogP contribution is 2.38. The van der Waals surface area contributed by atoms with E-state index < -0.39 is 10.6 Å². The van der Waals surface area contributed by atoms with Gasteiger partial charge in [0.15, 0.2) is 5.75 Å².